The average Bonchev–Trinajstić information content (AvgIpc) is 3.07. The molecule has 0 spiro atoms. The van der Waals surface area contributed by atoms with Gasteiger partial charge in [-0.1, -0.05) is 25.1 Å². The van der Waals surface area contributed by atoms with Crippen LogP contribution in [0.1, 0.15) is 57.4 Å². The number of nitrogens with one attached hydrogen (secondary N) is 1. The van der Waals surface area contributed by atoms with Gasteiger partial charge in [0, 0.05) is 38.0 Å². The van der Waals surface area contributed by atoms with Crippen molar-refractivity contribution in [3.05, 3.63) is 41.1 Å². The van der Waals surface area contributed by atoms with Crippen molar-refractivity contribution in [2.24, 2.45) is 0 Å². The molecule has 1 N–H and O–H groups in total. The monoisotopic (exact) mass is 438 g/mol. The number of hydrogen-bond acceptors (Lipinski definition) is 4. The number of amides is 2. The summed E-state index contributed by atoms with van der Waals surface area (Å²) in [6.45, 7) is 11.1. The number of hydrogen-bond donors (Lipinski definition) is 1. The molecular weight excluding hydrogens is 404 g/mol. The summed E-state index contributed by atoms with van der Waals surface area (Å²) in [6.07, 6.45) is 5.40. The Labute approximate surface area is 190 Å². The van der Waals surface area contributed by atoms with Crippen molar-refractivity contribution in [1.82, 2.24) is 14.5 Å². The fourth-order valence-corrected chi connectivity index (χ4v) is 5.21. The fourth-order valence-electron chi connectivity index (χ4n) is 5.21. The van der Waals surface area contributed by atoms with Crippen LogP contribution in [0.4, 0.5) is 4.79 Å². The van der Waals surface area contributed by atoms with E-state index in [1.807, 2.05) is 24.6 Å². The van der Waals surface area contributed by atoms with Crippen LogP contribution >= 0.6 is 0 Å². The van der Waals surface area contributed by atoms with Crippen LogP contribution in [0.2, 0.25) is 0 Å². The van der Waals surface area contributed by atoms with E-state index in [0.717, 1.165) is 48.9 Å². The van der Waals surface area contributed by atoms with E-state index >= 15 is 0 Å². The molecule has 4 rings (SSSR count). The maximum Gasteiger partial charge on any atom is 0.336 e. The van der Waals surface area contributed by atoms with Crippen molar-refractivity contribution in [2.45, 2.75) is 59.6 Å². The Bertz CT molecular complexity index is 1050. The summed E-state index contributed by atoms with van der Waals surface area (Å²) in [5.74, 6) is -0.328. The maximum atomic E-state index is 13.0. The summed E-state index contributed by atoms with van der Waals surface area (Å²) in [4.78, 5) is 28.9. The van der Waals surface area contributed by atoms with Crippen molar-refractivity contribution in [3.8, 4) is 0 Å². The molecule has 1 aromatic carbocycles. The molecule has 1 aliphatic carbocycles. The summed E-state index contributed by atoms with van der Waals surface area (Å²) >= 11 is 0. The zero-order chi connectivity index (χ0) is 22.8. The highest BCUT2D eigenvalue weighted by molar-refractivity contribution is 6.00. The number of carbonyl (C=O) groups excluding carboxylic acids is 2. The highest BCUT2D eigenvalue weighted by Crippen LogP contribution is 2.43. The van der Waals surface area contributed by atoms with E-state index in [1.165, 1.54) is 23.6 Å². The highest BCUT2D eigenvalue weighted by Gasteiger charge is 2.35. The number of ether oxygens (including phenoxy) is 1. The van der Waals surface area contributed by atoms with Gasteiger partial charge in [0.2, 0.25) is 0 Å². The van der Waals surface area contributed by atoms with Crippen LogP contribution in [0.25, 0.3) is 16.5 Å². The lowest BCUT2D eigenvalue weighted by Crippen LogP contribution is -2.42. The van der Waals surface area contributed by atoms with Gasteiger partial charge < -0.3 is 9.64 Å². The molecular formula is C25H34N4O3. The number of rotatable bonds is 7. The molecule has 32 heavy (non-hydrogen) atoms. The average molecular weight is 439 g/mol. The predicted molar refractivity (Wildman–Crippen MR) is 127 cm³/mol. The van der Waals surface area contributed by atoms with Crippen LogP contribution in [0.3, 0.4) is 0 Å². The van der Waals surface area contributed by atoms with Crippen molar-refractivity contribution in [1.29, 1.82) is 0 Å². The zero-order valence-electron chi connectivity index (χ0n) is 19.6. The summed E-state index contributed by atoms with van der Waals surface area (Å²) in [6, 6.07) is 6.43. The lowest BCUT2D eigenvalue weighted by Gasteiger charge is -2.39. The van der Waals surface area contributed by atoms with Crippen molar-refractivity contribution in [3.63, 3.8) is 0 Å². The van der Waals surface area contributed by atoms with Crippen LogP contribution in [0.5, 0.6) is 0 Å². The second kappa shape index (κ2) is 9.36. The van der Waals surface area contributed by atoms with E-state index in [1.54, 1.807) is 4.90 Å². The first kappa shape index (κ1) is 22.4. The van der Waals surface area contributed by atoms with E-state index in [0.29, 0.717) is 19.1 Å². The van der Waals surface area contributed by atoms with Crippen LogP contribution in [-0.4, -0.2) is 58.7 Å². The van der Waals surface area contributed by atoms with E-state index in [2.05, 4.69) is 35.5 Å². The Morgan fingerprint density at radius 1 is 1.22 bits per heavy atom. The number of carbonyl (C=O) groups is 2. The molecule has 0 radical (unpaired) electrons. The van der Waals surface area contributed by atoms with E-state index < -0.39 is 0 Å². The van der Waals surface area contributed by atoms with Gasteiger partial charge in [-0.25, -0.2) is 10.2 Å². The normalized spacial score (nSPS) is 17.6. The molecule has 2 aliphatic rings. The molecule has 2 amide bonds. The predicted octanol–water partition coefficient (Wildman–Crippen LogP) is 4.13. The zero-order valence-corrected chi connectivity index (χ0v) is 19.6. The van der Waals surface area contributed by atoms with Gasteiger partial charge in [-0.3, -0.25) is 14.4 Å². The van der Waals surface area contributed by atoms with Gasteiger partial charge in [0.25, 0.3) is 0 Å². The van der Waals surface area contributed by atoms with Crippen LogP contribution in [-0.2, 0) is 22.6 Å². The van der Waals surface area contributed by atoms with E-state index in [4.69, 9.17) is 4.74 Å². The molecule has 7 heteroatoms. The number of benzene rings is 1. The minimum atomic E-state index is -0.328. The van der Waals surface area contributed by atoms with Gasteiger partial charge in [-0.05, 0) is 62.4 Å². The van der Waals surface area contributed by atoms with E-state index in [-0.39, 0.29) is 18.6 Å². The van der Waals surface area contributed by atoms with Crippen molar-refractivity contribution in [2.75, 3.05) is 31.6 Å². The Hall–Kier alpha value is -2.80. The highest BCUT2D eigenvalue weighted by atomic mass is 16.5. The summed E-state index contributed by atoms with van der Waals surface area (Å²) < 4.78 is 7.30. The van der Waals surface area contributed by atoms with Gasteiger partial charge in [0.1, 0.15) is 6.61 Å². The van der Waals surface area contributed by atoms with Crippen molar-refractivity contribution >= 4 is 28.5 Å². The van der Waals surface area contributed by atoms with Crippen LogP contribution in [0, 0.1) is 0 Å². The molecule has 0 saturated heterocycles. The minimum Gasteiger partial charge on any atom is -0.459 e. The third-order valence-corrected chi connectivity index (χ3v) is 6.67. The standard InChI is InChI=1S/C25H34N4O3/c1-5-13-28-14-9-11-18-19-10-8-12-21-24(19)20(15-22(18)28)23(16-32-17(4)30)29(21)26-25(31)27(6-2)7-3/h8,10-12,22H,5-7,9,13-16H2,1-4H3,(H,26,31)/t22-/m1/s1. The van der Waals surface area contributed by atoms with Crippen LogP contribution < -0.4 is 5.43 Å². The van der Waals surface area contributed by atoms with E-state index in [9.17, 15) is 9.59 Å². The summed E-state index contributed by atoms with van der Waals surface area (Å²) in [5, 5.41) is 1.16. The molecule has 0 unspecified atom stereocenters. The second-order valence-electron chi connectivity index (χ2n) is 8.53. The summed E-state index contributed by atoms with van der Waals surface area (Å²) in [5.41, 5.74) is 8.67. The first-order chi connectivity index (χ1) is 15.5. The lowest BCUT2D eigenvalue weighted by molar-refractivity contribution is -0.142. The molecule has 2 aromatic rings. The Kier molecular flexibility index (Phi) is 6.55. The first-order valence-corrected chi connectivity index (χ1v) is 11.8. The third-order valence-electron chi connectivity index (χ3n) is 6.67. The minimum absolute atomic E-state index is 0.136. The van der Waals surface area contributed by atoms with Gasteiger partial charge in [-0.15, -0.1) is 0 Å². The molecule has 1 atom stereocenters. The molecule has 2 heterocycles. The maximum absolute atomic E-state index is 13.0. The Morgan fingerprint density at radius 2 is 2.00 bits per heavy atom. The third kappa shape index (κ3) is 3.90. The first-order valence-electron chi connectivity index (χ1n) is 11.8. The number of nitrogens with zero attached hydrogens (tertiary/aromatic N) is 3. The quantitative estimate of drug-likeness (QED) is 0.660. The number of fused-ring (bicyclic) bond motifs is 2. The molecule has 0 fully saturated rings. The molecule has 1 aliphatic heterocycles. The molecule has 0 saturated carbocycles. The second-order valence-corrected chi connectivity index (χ2v) is 8.53. The van der Waals surface area contributed by atoms with Crippen molar-refractivity contribution < 1.29 is 14.3 Å². The number of aromatic nitrogens is 1. The van der Waals surface area contributed by atoms with Gasteiger partial charge in [0.15, 0.2) is 0 Å². The molecule has 172 valence electrons. The lowest BCUT2D eigenvalue weighted by atomic mass is 9.81. The number of esters is 1. The topological polar surface area (TPSA) is 66.8 Å². The van der Waals surface area contributed by atoms with Gasteiger partial charge in [0.05, 0.1) is 11.2 Å². The van der Waals surface area contributed by atoms with Gasteiger partial charge in [-0.2, -0.15) is 0 Å². The molecule has 1 aromatic heterocycles. The Morgan fingerprint density at radius 3 is 2.69 bits per heavy atom. The Balaban J connectivity index is 1.86. The molecule has 0 bridgehead atoms. The smallest absolute Gasteiger partial charge is 0.336 e. The largest absolute Gasteiger partial charge is 0.459 e. The fraction of sp³-hybridized carbons (Fsp3) is 0.520. The van der Waals surface area contributed by atoms with Crippen LogP contribution in [0.15, 0.2) is 24.3 Å². The van der Waals surface area contributed by atoms with Gasteiger partial charge >= 0.3 is 12.0 Å². The SMILES string of the molecule is CCCN1CCC=C2c3cccc4c3c(c(COC(C)=O)n4NC(=O)N(CC)CC)C[C@H]21. The number of urea groups is 1. The summed E-state index contributed by atoms with van der Waals surface area (Å²) in [7, 11) is 0. The molecule has 7 nitrogen and oxygen atoms in total.